The number of hydrogen-bond donors (Lipinski definition) is 1. The number of rotatable bonds is 3. The van der Waals surface area contributed by atoms with Crippen molar-refractivity contribution < 1.29 is 4.79 Å². The average molecular weight is 230 g/mol. The SMILES string of the molecule is Cc1c(Cl)c(C(=O)NCC(C)C)nn1C. The van der Waals surface area contributed by atoms with Crippen molar-refractivity contribution in [1.29, 1.82) is 0 Å². The van der Waals surface area contributed by atoms with Crippen molar-refractivity contribution in [3.05, 3.63) is 16.4 Å². The van der Waals surface area contributed by atoms with Crippen LogP contribution in [-0.2, 0) is 7.05 Å². The second kappa shape index (κ2) is 4.66. The first-order valence-corrected chi connectivity index (χ1v) is 5.28. The third kappa shape index (κ3) is 2.72. The number of carbonyl (C=O) groups excluding carboxylic acids is 1. The highest BCUT2D eigenvalue weighted by Crippen LogP contribution is 2.18. The van der Waals surface area contributed by atoms with Crippen LogP contribution in [0.25, 0.3) is 0 Å². The van der Waals surface area contributed by atoms with E-state index in [0.29, 0.717) is 23.2 Å². The minimum atomic E-state index is -0.211. The number of aromatic nitrogens is 2. The van der Waals surface area contributed by atoms with Crippen LogP contribution in [0.15, 0.2) is 0 Å². The molecule has 0 aromatic carbocycles. The Balaban J connectivity index is 2.78. The van der Waals surface area contributed by atoms with Gasteiger partial charge in [0.05, 0.1) is 10.7 Å². The van der Waals surface area contributed by atoms with Crippen LogP contribution in [0.4, 0.5) is 0 Å². The Bertz CT molecular complexity index is 371. The lowest BCUT2D eigenvalue weighted by atomic mass is 10.2. The van der Waals surface area contributed by atoms with Crippen molar-refractivity contribution in [2.75, 3.05) is 6.54 Å². The van der Waals surface area contributed by atoms with Crippen molar-refractivity contribution in [2.24, 2.45) is 13.0 Å². The maximum atomic E-state index is 11.7. The molecule has 0 unspecified atom stereocenters. The monoisotopic (exact) mass is 229 g/mol. The zero-order valence-corrected chi connectivity index (χ0v) is 10.2. The van der Waals surface area contributed by atoms with Gasteiger partial charge in [-0.15, -0.1) is 0 Å². The van der Waals surface area contributed by atoms with Gasteiger partial charge in [-0.25, -0.2) is 0 Å². The van der Waals surface area contributed by atoms with Gasteiger partial charge in [-0.1, -0.05) is 25.4 Å². The summed E-state index contributed by atoms with van der Waals surface area (Å²) >= 11 is 5.98. The van der Waals surface area contributed by atoms with Gasteiger partial charge in [0, 0.05) is 13.6 Å². The molecule has 0 spiro atoms. The predicted octanol–water partition coefficient (Wildman–Crippen LogP) is 1.77. The summed E-state index contributed by atoms with van der Waals surface area (Å²) in [6.07, 6.45) is 0. The number of carbonyl (C=O) groups is 1. The highest BCUT2D eigenvalue weighted by Gasteiger charge is 2.17. The Morgan fingerprint density at radius 1 is 1.60 bits per heavy atom. The van der Waals surface area contributed by atoms with Crippen molar-refractivity contribution in [3.8, 4) is 0 Å². The van der Waals surface area contributed by atoms with E-state index in [1.165, 1.54) is 0 Å². The minimum Gasteiger partial charge on any atom is -0.350 e. The molecular weight excluding hydrogens is 214 g/mol. The highest BCUT2D eigenvalue weighted by atomic mass is 35.5. The van der Waals surface area contributed by atoms with Crippen LogP contribution < -0.4 is 5.32 Å². The summed E-state index contributed by atoms with van der Waals surface area (Å²) in [5, 5.41) is 7.27. The number of nitrogens with one attached hydrogen (secondary N) is 1. The molecule has 5 heteroatoms. The smallest absolute Gasteiger partial charge is 0.273 e. The predicted molar refractivity (Wildman–Crippen MR) is 60.1 cm³/mol. The van der Waals surface area contributed by atoms with Gasteiger partial charge in [-0.05, 0) is 12.8 Å². The lowest BCUT2D eigenvalue weighted by Gasteiger charge is -2.05. The molecule has 1 aromatic heterocycles. The fraction of sp³-hybridized carbons (Fsp3) is 0.600. The van der Waals surface area contributed by atoms with Crippen LogP contribution in [0, 0.1) is 12.8 Å². The van der Waals surface area contributed by atoms with E-state index in [2.05, 4.69) is 10.4 Å². The van der Waals surface area contributed by atoms with Gasteiger partial charge >= 0.3 is 0 Å². The largest absolute Gasteiger partial charge is 0.350 e. The van der Waals surface area contributed by atoms with E-state index in [4.69, 9.17) is 11.6 Å². The molecule has 4 nitrogen and oxygen atoms in total. The third-order valence-electron chi connectivity index (χ3n) is 2.15. The summed E-state index contributed by atoms with van der Waals surface area (Å²) < 4.78 is 1.60. The number of nitrogens with zero attached hydrogens (tertiary/aromatic N) is 2. The fourth-order valence-electron chi connectivity index (χ4n) is 1.11. The van der Waals surface area contributed by atoms with Crippen molar-refractivity contribution >= 4 is 17.5 Å². The molecule has 0 fully saturated rings. The van der Waals surface area contributed by atoms with Crippen LogP contribution in [0.5, 0.6) is 0 Å². The van der Waals surface area contributed by atoms with Crippen LogP contribution in [0.1, 0.15) is 30.0 Å². The molecule has 1 N–H and O–H groups in total. The summed E-state index contributed by atoms with van der Waals surface area (Å²) in [6.45, 7) is 6.52. The topological polar surface area (TPSA) is 46.9 Å². The first kappa shape index (κ1) is 12.0. The Morgan fingerprint density at radius 3 is 2.60 bits per heavy atom. The molecule has 15 heavy (non-hydrogen) atoms. The van der Waals surface area contributed by atoms with Crippen molar-refractivity contribution in [3.63, 3.8) is 0 Å². The number of halogens is 1. The maximum absolute atomic E-state index is 11.7. The Labute approximate surface area is 94.6 Å². The molecule has 0 bridgehead atoms. The second-order valence-corrected chi connectivity index (χ2v) is 4.35. The molecule has 0 atom stereocenters. The van der Waals surface area contributed by atoms with E-state index >= 15 is 0 Å². The van der Waals surface area contributed by atoms with E-state index in [-0.39, 0.29) is 5.91 Å². The Hall–Kier alpha value is -1.03. The molecule has 0 aliphatic carbocycles. The van der Waals surface area contributed by atoms with Crippen LogP contribution in [-0.4, -0.2) is 22.2 Å². The average Bonchev–Trinajstić information content (AvgIpc) is 2.42. The van der Waals surface area contributed by atoms with Gasteiger partial charge in [0.15, 0.2) is 5.69 Å². The molecular formula is C10H16ClN3O. The van der Waals surface area contributed by atoms with E-state index in [0.717, 1.165) is 5.69 Å². The van der Waals surface area contributed by atoms with Crippen LogP contribution in [0.3, 0.4) is 0 Å². The van der Waals surface area contributed by atoms with Gasteiger partial charge in [-0.3, -0.25) is 9.48 Å². The van der Waals surface area contributed by atoms with E-state index in [1.807, 2.05) is 20.8 Å². The molecule has 0 radical (unpaired) electrons. The van der Waals surface area contributed by atoms with Gasteiger partial charge in [0.25, 0.3) is 5.91 Å². The summed E-state index contributed by atoms with van der Waals surface area (Å²) in [7, 11) is 1.76. The summed E-state index contributed by atoms with van der Waals surface area (Å²) in [6, 6.07) is 0. The lowest BCUT2D eigenvalue weighted by molar-refractivity contribution is 0.0943. The molecule has 1 rings (SSSR count). The standard InChI is InChI=1S/C10H16ClN3O/c1-6(2)5-12-10(15)9-8(11)7(3)14(4)13-9/h6H,5H2,1-4H3,(H,12,15). The highest BCUT2D eigenvalue weighted by molar-refractivity contribution is 6.34. The second-order valence-electron chi connectivity index (χ2n) is 3.98. The van der Waals surface area contributed by atoms with E-state index < -0.39 is 0 Å². The number of aryl methyl sites for hydroxylation is 1. The van der Waals surface area contributed by atoms with Crippen molar-refractivity contribution in [1.82, 2.24) is 15.1 Å². The molecule has 1 aromatic rings. The molecule has 0 aliphatic heterocycles. The quantitative estimate of drug-likeness (QED) is 0.859. The van der Waals surface area contributed by atoms with Gasteiger partial charge in [-0.2, -0.15) is 5.10 Å². The number of hydrogen-bond acceptors (Lipinski definition) is 2. The minimum absolute atomic E-state index is 0.211. The Morgan fingerprint density at radius 2 is 2.20 bits per heavy atom. The van der Waals surface area contributed by atoms with E-state index in [1.54, 1.807) is 11.7 Å². The Kier molecular flexibility index (Phi) is 3.74. The van der Waals surface area contributed by atoms with Crippen LogP contribution in [0.2, 0.25) is 5.02 Å². The van der Waals surface area contributed by atoms with Gasteiger partial charge in [0.2, 0.25) is 0 Å². The lowest BCUT2D eigenvalue weighted by Crippen LogP contribution is -2.28. The van der Waals surface area contributed by atoms with E-state index in [9.17, 15) is 4.79 Å². The first-order valence-electron chi connectivity index (χ1n) is 4.90. The summed E-state index contributed by atoms with van der Waals surface area (Å²) in [4.78, 5) is 11.7. The van der Waals surface area contributed by atoms with Crippen molar-refractivity contribution in [2.45, 2.75) is 20.8 Å². The van der Waals surface area contributed by atoms with Crippen LogP contribution >= 0.6 is 11.6 Å². The molecule has 84 valence electrons. The zero-order valence-electron chi connectivity index (χ0n) is 9.47. The maximum Gasteiger partial charge on any atom is 0.273 e. The summed E-state index contributed by atoms with van der Waals surface area (Å²) in [5.41, 5.74) is 1.10. The molecule has 0 saturated heterocycles. The first-order chi connectivity index (χ1) is 6.93. The van der Waals surface area contributed by atoms with Gasteiger partial charge in [0.1, 0.15) is 0 Å². The fourth-order valence-corrected chi connectivity index (χ4v) is 1.35. The third-order valence-corrected chi connectivity index (χ3v) is 2.60. The molecule has 1 amide bonds. The summed E-state index contributed by atoms with van der Waals surface area (Å²) in [5.74, 6) is 0.204. The molecule has 0 saturated carbocycles. The zero-order chi connectivity index (χ0) is 11.6. The molecule has 1 heterocycles. The molecule has 0 aliphatic rings. The van der Waals surface area contributed by atoms with Gasteiger partial charge < -0.3 is 5.32 Å². The number of amides is 1. The normalized spacial score (nSPS) is 10.8.